The molecule has 0 radical (unpaired) electrons. The SMILES string of the molecule is Cc1ccc(-c2[nH]ncc2N)nn1. The van der Waals surface area contributed by atoms with Crippen LogP contribution in [0.1, 0.15) is 5.69 Å². The fraction of sp³-hybridized carbons (Fsp3) is 0.125. The van der Waals surface area contributed by atoms with E-state index in [1.165, 1.54) is 0 Å². The van der Waals surface area contributed by atoms with E-state index in [9.17, 15) is 0 Å². The summed E-state index contributed by atoms with van der Waals surface area (Å²) in [5.41, 5.74) is 8.53. The average molecular weight is 175 g/mol. The molecular weight excluding hydrogens is 166 g/mol. The normalized spacial score (nSPS) is 10.2. The lowest BCUT2D eigenvalue weighted by Crippen LogP contribution is -1.92. The lowest BCUT2D eigenvalue weighted by atomic mass is 10.2. The standard InChI is InChI=1S/C8H9N5/c1-5-2-3-7(12-11-5)8-6(9)4-10-13-8/h2-4H,9H2,1H3,(H,10,13). The Hall–Kier alpha value is -1.91. The third-order valence-electron chi connectivity index (χ3n) is 1.72. The van der Waals surface area contributed by atoms with Crippen LogP contribution >= 0.6 is 0 Å². The minimum absolute atomic E-state index is 0.582. The molecule has 0 aromatic carbocycles. The third-order valence-corrected chi connectivity index (χ3v) is 1.72. The van der Waals surface area contributed by atoms with Crippen LogP contribution in [0.15, 0.2) is 18.3 Å². The van der Waals surface area contributed by atoms with Crippen LogP contribution in [0.25, 0.3) is 11.4 Å². The Balaban J connectivity index is 2.47. The van der Waals surface area contributed by atoms with E-state index in [-0.39, 0.29) is 0 Å². The Kier molecular flexibility index (Phi) is 1.70. The number of rotatable bonds is 1. The maximum Gasteiger partial charge on any atom is 0.113 e. The zero-order valence-electron chi connectivity index (χ0n) is 7.15. The molecule has 0 aliphatic rings. The number of aryl methyl sites for hydroxylation is 1. The van der Waals surface area contributed by atoms with Gasteiger partial charge >= 0.3 is 0 Å². The Bertz CT molecular complexity index is 403. The van der Waals surface area contributed by atoms with Gasteiger partial charge in [-0.3, -0.25) is 5.10 Å². The molecular formula is C8H9N5. The van der Waals surface area contributed by atoms with E-state index in [1.54, 1.807) is 6.20 Å². The van der Waals surface area contributed by atoms with Gasteiger partial charge in [-0.2, -0.15) is 10.2 Å². The van der Waals surface area contributed by atoms with Gasteiger partial charge in [-0.05, 0) is 19.1 Å². The van der Waals surface area contributed by atoms with Crippen molar-refractivity contribution in [1.82, 2.24) is 20.4 Å². The maximum absolute atomic E-state index is 5.65. The molecule has 2 rings (SSSR count). The summed E-state index contributed by atoms with van der Waals surface area (Å²) in [6, 6.07) is 3.73. The van der Waals surface area contributed by atoms with Gasteiger partial charge < -0.3 is 5.73 Å². The molecule has 0 bridgehead atoms. The first-order chi connectivity index (χ1) is 6.27. The van der Waals surface area contributed by atoms with Gasteiger partial charge in [0.2, 0.25) is 0 Å². The van der Waals surface area contributed by atoms with Gasteiger partial charge in [-0.1, -0.05) is 0 Å². The number of nitrogens with two attached hydrogens (primary N) is 1. The quantitative estimate of drug-likeness (QED) is 0.670. The molecule has 2 heterocycles. The number of H-pyrrole nitrogens is 1. The summed E-state index contributed by atoms with van der Waals surface area (Å²) in [5, 5.41) is 14.5. The molecule has 5 heteroatoms. The second-order valence-corrected chi connectivity index (χ2v) is 2.76. The molecule has 0 saturated heterocycles. The van der Waals surface area contributed by atoms with Gasteiger partial charge in [0.15, 0.2) is 0 Å². The van der Waals surface area contributed by atoms with Crippen LogP contribution < -0.4 is 5.73 Å². The van der Waals surface area contributed by atoms with Crippen molar-refractivity contribution in [2.45, 2.75) is 6.92 Å². The number of hydrogen-bond acceptors (Lipinski definition) is 4. The zero-order valence-corrected chi connectivity index (χ0v) is 7.15. The van der Waals surface area contributed by atoms with Crippen molar-refractivity contribution < 1.29 is 0 Å². The van der Waals surface area contributed by atoms with Crippen LogP contribution in [0.4, 0.5) is 5.69 Å². The van der Waals surface area contributed by atoms with Gasteiger partial charge in [0, 0.05) is 0 Å². The molecule has 0 unspecified atom stereocenters. The van der Waals surface area contributed by atoms with E-state index < -0.39 is 0 Å². The van der Waals surface area contributed by atoms with Crippen molar-refractivity contribution in [3.63, 3.8) is 0 Å². The van der Waals surface area contributed by atoms with Crippen LogP contribution in [-0.2, 0) is 0 Å². The molecule has 0 aliphatic carbocycles. The minimum atomic E-state index is 0.582. The van der Waals surface area contributed by atoms with Gasteiger partial charge in [0.05, 0.1) is 17.6 Å². The monoisotopic (exact) mass is 175 g/mol. The lowest BCUT2D eigenvalue weighted by Gasteiger charge is -1.96. The van der Waals surface area contributed by atoms with Crippen molar-refractivity contribution in [2.24, 2.45) is 0 Å². The Morgan fingerprint density at radius 1 is 1.31 bits per heavy atom. The summed E-state index contributed by atoms with van der Waals surface area (Å²) in [7, 11) is 0. The summed E-state index contributed by atoms with van der Waals surface area (Å²) in [6.45, 7) is 1.88. The smallest absolute Gasteiger partial charge is 0.113 e. The van der Waals surface area contributed by atoms with E-state index in [2.05, 4.69) is 20.4 Å². The predicted octanol–water partition coefficient (Wildman–Crippen LogP) is 0.757. The highest BCUT2D eigenvalue weighted by molar-refractivity contribution is 5.68. The second kappa shape index (κ2) is 2.85. The van der Waals surface area contributed by atoms with Gasteiger partial charge in [0.1, 0.15) is 11.4 Å². The van der Waals surface area contributed by atoms with E-state index in [4.69, 9.17) is 5.73 Å². The first-order valence-corrected chi connectivity index (χ1v) is 3.87. The summed E-state index contributed by atoms with van der Waals surface area (Å²) < 4.78 is 0. The predicted molar refractivity (Wildman–Crippen MR) is 48.8 cm³/mol. The highest BCUT2D eigenvalue weighted by Crippen LogP contribution is 2.19. The molecule has 2 aromatic rings. The largest absolute Gasteiger partial charge is 0.396 e. The summed E-state index contributed by atoms with van der Waals surface area (Å²) in [5.74, 6) is 0. The second-order valence-electron chi connectivity index (χ2n) is 2.76. The van der Waals surface area contributed by atoms with E-state index in [0.29, 0.717) is 17.1 Å². The van der Waals surface area contributed by atoms with Crippen molar-refractivity contribution in [3.8, 4) is 11.4 Å². The number of nitrogens with zero attached hydrogens (tertiary/aromatic N) is 3. The van der Waals surface area contributed by atoms with Gasteiger partial charge in [-0.25, -0.2) is 0 Å². The molecule has 13 heavy (non-hydrogen) atoms. The van der Waals surface area contributed by atoms with E-state index in [0.717, 1.165) is 5.69 Å². The molecule has 0 aliphatic heterocycles. The number of anilines is 1. The molecule has 5 nitrogen and oxygen atoms in total. The Morgan fingerprint density at radius 2 is 2.15 bits per heavy atom. The molecule has 0 spiro atoms. The van der Waals surface area contributed by atoms with Gasteiger partial charge in [0.25, 0.3) is 0 Å². The highest BCUT2D eigenvalue weighted by atomic mass is 15.2. The minimum Gasteiger partial charge on any atom is -0.396 e. The van der Waals surface area contributed by atoms with E-state index in [1.807, 2.05) is 19.1 Å². The molecule has 0 fully saturated rings. The summed E-state index contributed by atoms with van der Waals surface area (Å²) in [6.07, 6.45) is 1.55. The number of nitrogen functional groups attached to an aromatic ring is 1. The van der Waals surface area contributed by atoms with Crippen LogP contribution in [0, 0.1) is 6.92 Å². The summed E-state index contributed by atoms with van der Waals surface area (Å²) in [4.78, 5) is 0. The number of aromatic nitrogens is 4. The van der Waals surface area contributed by atoms with Crippen molar-refractivity contribution >= 4 is 5.69 Å². The highest BCUT2D eigenvalue weighted by Gasteiger charge is 2.05. The number of hydrogen-bond donors (Lipinski definition) is 2. The molecule has 0 amide bonds. The first kappa shape index (κ1) is 7.72. The maximum atomic E-state index is 5.65. The third kappa shape index (κ3) is 1.35. The Morgan fingerprint density at radius 3 is 2.69 bits per heavy atom. The molecule has 0 saturated carbocycles. The topological polar surface area (TPSA) is 80.5 Å². The van der Waals surface area contributed by atoms with Gasteiger partial charge in [-0.15, -0.1) is 5.10 Å². The number of aromatic amines is 1. The van der Waals surface area contributed by atoms with Crippen LogP contribution in [0.3, 0.4) is 0 Å². The van der Waals surface area contributed by atoms with Crippen LogP contribution in [0.2, 0.25) is 0 Å². The Labute approximate surface area is 75.0 Å². The fourth-order valence-electron chi connectivity index (χ4n) is 1.03. The van der Waals surface area contributed by atoms with Crippen LogP contribution in [0.5, 0.6) is 0 Å². The van der Waals surface area contributed by atoms with E-state index >= 15 is 0 Å². The van der Waals surface area contributed by atoms with Crippen molar-refractivity contribution in [3.05, 3.63) is 24.0 Å². The lowest BCUT2D eigenvalue weighted by molar-refractivity contribution is 0.975. The molecule has 0 atom stereocenters. The zero-order chi connectivity index (χ0) is 9.26. The first-order valence-electron chi connectivity index (χ1n) is 3.87. The molecule has 3 N–H and O–H groups in total. The average Bonchev–Trinajstić information content (AvgIpc) is 2.53. The number of nitrogens with one attached hydrogen (secondary N) is 1. The molecule has 66 valence electrons. The van der Waals surface area contributed by atoms with Crippen LogP contribution in [-0.4, -0.2) is 20.4 Å². The summed E-state index contributed by atoms with van der Waals surface area (Å²) >= 11 is 0. The van der Waals surface area contributed by atoms with Crippen molar-refractivity contribution in [2.75, 3.05) is 5.73 Å². The van der Waals surface area contributed by atoms with Crippen molar-refractivity contribution in [1.29, 1.82) is 0 Å². The fourth-order valence-corrected chi connectivity index (χ4v) is 1.03. The molecule has 2 aromatic heterocycles.